The molecule has 0 aromatic heterocycles. The standard InChI is InChI=1S/C20H24N2O3/c1-15-8-9-18(24-2)17(14-15)21-19(16-6-4-3-5-7-16)20(23)22-10-12-25-13-11-22/h3-9,14,19,21H,10-13H2,1-2H3/t19-/m0/s1. The predicted molar refractivity (Wildman–Crippen MR) is 97.9 cm³/mol. The van der Waals surface area contributed by atoms with E-state index in [1.165, 1.54) is 0 Å². The van der Waals surface area contributed by atoms with Crippen LogP contribution in [0.2, 0.25) is 0 Å². The van der Waals surface area contributed by atoms with Crippen molar-refractivity contribution in [2.45, 2.75) is 13.0 Å². The fourth-order valence-corrected chi connectivity index (χ4v) is 2.99. The van der Waals surface area contributed by atoms with Crippen molar-refractivity contribution >= 4 is 11.6 Å². The van der Waals surface area contributed by atoms with Crippen LogP contribution in [0, 0.1) is 6.92 Å². The molecule has 0 bridgehead atoms. The number of aryl methyl sites for hydroxylation is 1. The molecule has 132 valence electrons. The Labute approximate surface area is 148 Å². The summed E-state index contributed by atoms with van der Waals surface area (Å²) in [7, 11) is 1.64. The van der Waals surface area contributed by atoms with Gasteiger partial charge in [-0.15, -0.1) is 0 Å². The van der Waals surface area contributed by atoms with E-state index in [-0.39, 0.29) is 5.91 Å². The van der Waals surface area contributed by atoms with Gasteiger partial charge in [0, 0.05) is 13.1 Å². The van der Waals surface area contributed by atoms with Crippen molar-refractivity contribution in [2.24, 2.45) is 0 Å². The van der Waals surface area contributed by atoms with Gasteiger partial charge in [0.2, 0.25) is 5.91 Å². The maximum Gasteiger partial charge on any atom is 0.249 e. The fourth-order valence-electron chi connectivity index (χ4n) is 2.99. The first kappa shape index (κ1) is 17.3. The summed E-state index contributed by atoms with van der Waals surface area (Å²) in [6, 6.07) is 15.2. The number of nitrogens with one attached hydrogen (secondary N) is 1. The van der Waals surface area contributed by atoms with Crippen LogP contribution < -0.4 is 10.1 Å². The van der Waals surface area contributed by atoms with Gasteiger partial charge in [0.25, 0.3) is 0 Å². The molecule has 1 aliphatic rings. The first-order valence-corrected chi connectivity index (χ1v) is 8.51. The second-order valence-corrected chi connectivity index (χ2v) is 6.13. The summed E-state index contributed by atoms with van der Waals surface area (Å²) in [4.78, 5) is 15.0. The lowest BCUT2D eigenvalue weighted by atomic mass is 10.0. The summed E-state index contributed by atoms with van der Waals surface area (Å²) in [5, 5.41) is 3.40. The van der Waals surface area contributed by atoms with E-state index in [1.54, 1.807) is 7.11 Å². The van der Waals surface area contributed by atoms with E-state index in [4.69, 9.17) is 9.47 Å². The third-order valence-electron chi connectivity index (χ3n) is 4.36. The molecule has 2 aromatic rings. The van der Waals surface area contributed by atoms with Gasteiger partial charge >= 0.3 is 0 Å². The summed E-state index contributed by atoms with van der Waals surface area (Å²) in [5.41, 5.74) is 2.86. The normalized spacial score (nSPS) is 15.5. The van der Waals surface area contributed by atoms with Crippen molar-refractivity contribution in [3.8, 4) is 5.75 Å². The van der Waals surface area contributed by atoms with Gasteiger partial charge in [-0.3, -0.25) is 4.79 Å². The molecule has 5 nitrogen and oxygen atoms in total. The molecule has 3 rings (SSSR count). The fraction of sp³-hybridized carbons (Fsp3) is 0.350. The first-order valence-electron chi connectivity index (χ1n) is 8.51. The van der Waals surface area contributed by atoms with Gasteiger partial charge in [-0.05, 0) is 30.2 Å². The molecule has 1 fully saturated rings. The Bertz CT molecular complexity index is 712. The van der Waals surface area contributed by atoms with Crippen LogP contribution >= 0.6 is 0 Å². The van der Waals surface area contributed by atoms with Crippen LogP contribution in [0.1, 0.15) is 17.2 Å². The monoisotopic (exact) mass is 340 g/mol. The molecule has 0 radical (unpaired) electrons. The number of anilines is 1. The molecule has 1 saturated heterocycles. The quantitative estimate of drug-likeness (QED) is 0.909. The van der Waals surface area contributed by atoms with Crippen molar-refractivity contribution in [1.82, 2.24) is 4.90 Å². The third kappa shape index (κ3) is 4.12. The van der Waals surface area contributed by atoms with E-state index in [0.29, 0.717) is 26.3 Å². The predicted octanol–water partition coefficient (Wildman–Crippen LogP) is 3.02. The Morgan fingerprint density at radius 2 is 1.88 bits per heavy atom. The van der Waals surface area contributed by atoms with Crippen molar-refractivity contribution < 1.29 is 14.3 Å². The van der Waals surface area contributed by atoms with Crippen LogP contribution in [0.25, 0.3) is 0 Å². The number of rotatable bonds is 5. The molecule has 1 heterocycles. The lowest BCUT2D eigenvalue weighted by Crippen LogP contribution is -2.44. The van der Waals surface area contributed by atoms with Gasteiger partial charge < -0.3 is 19.7 Å². The van der Waals surface area contributed by atoms with Gasteiger partial charge in [-0.2, -0.15) is 0 Å². The zero-order chi connectivity index (χ0) is 17.6. The lowest BCUT2D eigenvalue weighted by molar-refractivity contribution is -0.136. The summed E-state index contributed by atoms with van der Waals surface area (Å²) >= 11 is 0. The van der Waals surface area contributed by atoms with Gasteiger partial charge in [-0.1, -0.05) is 36.4 Å². The van der Waals surface area contributed by atoms with Crippen molar-refractivity contribution in [3.05, 3.63) is 59.7 Å². The number of carbonyl (C=O) groups excluding carboxylic acids is 1. The summed E-state index contributed by atoms with van der Waals surface area (Å²) < 4.78 is 10.8. The maximum atomic E-state index is 13.2. The van der Waals surface area contributed by atoms with Crippen molar-refractivity contribution in [2.75, 3.05) is 38.7 Å². The second kappa shape index (κ2) is 8.03. The third-order valence-corrected chi connectivity index (χ3v) is 4.36. The molecule has 1 N–H and O–H groups in total. The molecular weight excluding hydrogens is 316 g/mol. The Hall–Kier alpha value is -2.53. The minimum atomic E-state index is -0.463. The van der Waals surface area contributed by atoms with Crippen molar-refractivity contribution in [3.63, 3.8) is 0 Å². The summed E-state index contributed by atoms with van der Waals surface area (Å²) in [5.74, 6) is 0.777. The second-order valence-electron chi connectivity index (χ2n) is 6.13. The minimum Gasteiger partial charge on any atom is -0.495 e. The summed E-state index contributed by atoms with van der Waals surface area (Å²) in [6.07, 6.45) is 0. The molecule has 0 saturated carbocycles. The molecule has 0 aliphatic carbocycles. The number of benzene rings is 2. The van der Waals surface area contributed by atoms with Crippen LogP contribution in [0.5, 0.6) is 5.75 Å². The molecule has 1 atom stereocenters. The molecule has 0 spiro atoms. The van der Waals surface area contributed by atoms with Gasteiger partial charge in [0.1, 0.15) is 11.8 Å². The molecule has 1 aliphatic heterocycles. The number of methoxy groups -OCH3 is 1. The number of ether oxygens (including phenoxy) is 2. The van der Waals surface area contributed by atoms with Crippen LogP contribution in [-0.4, -0.2) is 44.2 Å². The number of morpholine rings is 1. The van der Waals surface area contributed by atoms with Crippen LogP contribution in [0.4, 0.5) is 5.69 Å². The van der Waals surface area contributed by atoms with E-state index in [2.05, 4.69) is 5.32 Å². The average Bonchev–Trinajstić information content (AvgIpc) is 2.67. The Morgan fingerprint density at radius 3 is 2.56 bits per heavy atom. The van der Waals surface area contributed by atoms with Crippen LogP contribution in [0.15, 0.2) is 48.5 Å². The number of carbonyl (C=O) groups is 1. The molecule has 5 heteroatoms. The van der Waals surface area contributed by atoms with Crippen molar-refractivity contribution in [1.29, 1.82) is 0 Å². The lowest BCUT2D eigenvalue weighted by Gasteiger charge is -2.31. The topological polar surface area (TPSA) is 50.8 Å². The highest BCUT2D eigenvalue weighted by molar-refractivity contribution is 5.86. The Morgan fingerprint density at radius 1 is 1.16 bits per heavy atom. The molecule has 2 aromatic carbocycles. The molecule has 1 amide bonds. The Kier molecular flexibility index (Phi) is 5.56. The number of hydrogen-bond donors (Lipinski definition) is 1. The van der Waals surface area contributed by atoms with E-state index < -0.39 is 6.04 Å². The minimum absolute atomic E-state index is 0.0538. The van der Waals surface area contributed by atoms with E-state index in [1.807, 2.05) is 60.4 Å². The number of hydrogen-bond acceptors (Lipinski definition) is 4. The zero-order valence-electron chi connectivity index (χ0n) is 14.7. The van der Waals surface area contributed by atoms with Crippen LogP contribution in [-0.2, 0) is 9.53 Å². The largest absolute Gasteiger partial charge is 0.495 e. The van der Waals surface area contributed by atoms with Gasteiger partial charge in [-0.25, -0.2) is 0 Å². The molecule has 0 unspecified atom stereocenters. The Balaban J connectivity index is 1.91. The molecular formula is C20H24N2O3. The average molecular weight is 340 g/mol. The number of amides is 1. The highest BCUT2D eigenvalue weighted by atomic mass is 16.5. The smallest absolute Gasteiger partial charge is 0.249 e. The first-order chi connectivity index (χ1) is 12.2. The van der Waals surface area contributed by atoms with Gasteiger partial charge in [0.15, 0.2) is 0 Å². The SMILES string of the molecule is COc1ccc(C)cc1N[C@H](C(=O)N1CCOCC1)c1ccccc1. The zero-order valence-corrected chi connectivity index (χ0v) is 14.7. The maximum absolute atomic E-state index is 13.2. The van der Waals surface area contributed by atoms with Gasteiger partial charge in [0.05, 0.1) is 26.0 Å². The highest BCUT2D eigenvalue weighted by Crippen LogP contribution is 2.30. The van der Waals surface area contributed by atoms with Crippen LogP contribution in [0.3, 0.4) is 0 Å². The van der Waals surface area contributed by atoms with E-state index in [0.717, 1.165) is 22.6 Å². The summed E-state index contributed by atoms with van der Waals surface area (Å²) in [6.45, 7) is 4.43. The molecule has 25 heavy (non-hydrogen) atoms. The highest BCUT2D eigenvalue weighted by Gasteiger charge is 2.27. The number of nitrogens with zero attached hydrogens (tertiary/aromatic N) is 1. The van der Waals surface area contributed by atoms with E-state index >= 15 is 0 Å². The van der Waals surface area contributed by atoms with E-state index in [9.17, 15) is 4.79 Å².